The van der Waals surface area contributed by atoms with E-state index in [-0.39, 0.29) is 11.0 Å². The van der Waals surface area contributed by atoms with Crippen molar-refractivity contribution in [3.8, 4) is 5.75 Å². The Morgan fingerprint density at radius 3 is 3.11 bits per heavy atom. The molecule has 3 fully saturated rings. The van der Waals surface area contributed by atoms with E-state index in [9.17, 15) is 0 Å². The molecule has 19 heavy (non-hydrogen) atoms. The molecule has 2 N–H and O–H groups in total. The molecule has 0 radical (unpaired) electrons. The van der Waals surface area contributed by atoms with Gasteiger partial charge in [-0.05, 0) is 18.9 Å². The molecular formula is C14H17N3O2. The van der Waals surface area contributed by atoms with Crippen molar-refractivity contribution in [2.24, 2.45) is 11.1 Å². The van der Waals surface area contributed by atoms with Gasteiger partial charge < -0.3 is 19.6 Å². The lowest BCUT2D eigenvalue weighted by Crippen LogP contribution is -2.51. The van der Waals surface area contributed by atoms with E-state index < -0.39 is 0 Å². The van der Waals surface area contributed by atoms with Crippen molar-refractivity contribution >= 4 is 5.65 Å². The standard InChI is InChI=1S/C14H17N3O2/c15-8-14-6-13(7-14,10-19-14)9-18-11-1-3-17-4-2-16-12(17)5-11/h1-5H,6-10,15H2. The Morgan fingerprint density at radius 2 is 2.32 bits per heavy atom. The predicted molar refractivity (Wildman–Crippen MR) is 70.1 cm³/mol. The van der Waals surface area contributed by atoms with E-state index in [1.807, 2.05) is 28.9 Å². The van der Waals surface area contributed by atoms with Gasteiger partial charge in [-0.3, -0.25) is 0 Å². The van der Waals surface area contributed by atoms with Crippen molar-refractivity contribution in [1.82, 2.24) is 9.38 Å². The van der Waals surface area contributed by atoms with Crippen LogP contribution in [0.15, 0.2) is 30.7 Å². The van der Waals surface area contributed by atoms with Gasteiger partial charge >= 0.3 is 0 Å². The molecule has 2 aliphatic heterocycles. The SMILES string of the molecule is NCC12CC(COc3ccn4ccnc4c3)(CO1)C2. The maximum atomic E-state index is 5.92. The van der Waals surface area contributed by atoms with Crippen LogP contribution >= 0.6 is 0 Å². The summed E-state index contributed by atoms with van der Waals surface area (Å²) in [6.45, 7) is 2.09. The fourth-order valence-electron chi connectivity index (χ4n) is 3.39. The summed E-state index contributed by atoms with van der Waals surface area (Å²) >= 11 is 0. The fraction of sp³-hybridized carbons (Fsp3) is 0.500. The van der Waals surface area contributed by atoms with Crippen molar-refractivity contribution in [2.75, 3.05) is 19.8 Å². The van der Waals surface area contributed by atoms with Crippen LogP contribution in [0.3, 0.4) is 0 Å². The second kappa shape index (κ2) is 3.71. The first kappa shape index (κ1) is 11.3. The topological polar surface area (TPSA) is 61.8 Å². The number of imidazole rings is 1. The second-order valence-corrected chi connectivity index (χ2v) is 5.87. The number of fused-ring (bicyclic) bond motifs is 2. The Morgan fingerprint density at radius 1 is 1.42 bits per heavy atom. The summed E-state index contributed by atoms with van der Waals surface area (Å²) in [6, 6.07) is 3.93. The highest BCUT2D eigenvalue weighted by atomic mass is 16.5. The van der Waals surface area contributed by atoms with Crippen LogP contribution in [-0.2, 0) is 4.74 Å². The zero-order valence-corrected chi connectivity index (χ0v) is 10.7. The van der Waals surface area contributed by atoms with Gasteiger partial charge in [0.1, 0.15) is 11.4 Å². The van der Waals surface area contributed by atoms with Gasteiger partial charge in [0, 0.05) is 36.6 Å². The number of nitrogens with two attached hydrogens (primary N) is 1. The normalized spacial score (nSPS) is 32.5. The zero-order chi connectivity index (χ0) is 12.9. The molecule has 5 heteroatoms. The van der Waals surface area contributed by atoms with Crippen molar-refractivity contribution < 1.29 is 9.47 Å². The number of pyridine rings is 1. The van der Waals surface area contributed by atoms with Gasteiger partial charge in [-0.25, -0.2) is 4.98 Å². The number of hydrogen-bond donors (Lipinski definition) is 1. The van der Waals surface area contributed by atoms with Gasteiger partial charge in [0.15, 0.2) is 0 Å². The van der Waals surface area contributed by atoms with Gasteiger partial charge in [-0.15, -0.1) is 0 Å². The number of aromatic nitrogens is 2. The van der Waals surface area contributed by atoms with Crippen LogP contribution in [-0.4, -0.2) is 34.7 Å². The average Bonchev–Trinajstić information content (AvgIpc) is 3.08. The Labute approximate surface area is 111 Å². The first-order valence-electron chi connectivity index (χ1n) is 6.62. The molecule has 3 aliphatic rings. The molecule has 5 rings (SSSR count). The minimum absolute atomic E-state index is 0.0452. The van der Waals surface area contributed by atoms with Crippen LogP contribution in [0.1, 0.15) is 12.8 Å². The molecule has 0 amide bonds. The van der Waals surface area contributed by atoms with E-state index in [1.54, 1.807) is 6.20 Å². The quantitative estimate of drug-likeness (QED) is 0.896. The lowest BCUT2D eigenvalue weighted by atomic mass is 9.63. The van der Waals surface area contributed by atoms with Gasteiger partial charge in [0.05, 0.1) is 18.8 Å². The van der Waals surface area contributed by atoms with E-state index >= 15 is 0 Å². The molecule has 2 aromatic rings. The second-order valence-electron chi connectivity index (χ2n) is 5.87. The Bertz CT molecular complexity index is 616. The molecule has 2 bridgehead atoms. The Kier molecular flexibility index (Phi) is 2.20. The monoisotopic (exact) mass is 259 g/mol. The Balaban J connectivity index is 1.45. The molecular weight excluding hydrogens is 242 g/mol. The summed E-state index contributed by atoms with van der Waals surface area (Å²) in [5.74, 6) is 0.866. The smallest absolute Gasteiger partial charge is 0.140 e. The zero-order valence-electron chi connectivity index (χ0n) is 10.7. The minimum atomic E-state index is -0.0452. The molecule has 0 atom stereocenters. The van der Waals surface area contributed by atoms with E-state index in [4.69, 9.17) is 15.2 Å². The molecule has 0 unspecified atom stereocenters. The van der Waals surface area contributed by atoms with Crippen molar-refractivity contribution in [3.05, 3.63) is 30.7 Å². The van der Waals surface area contributed by atoms with Crippen LogP contribution in [0, 0.1) is 5.41 Å². The van der Waals surface area contributed by atoms with E-state index in [1.165, 1.54) is 0 Å². The predicted octanol–water partition coefficient (Wildman–Crippen LogP) is 1.22. The van der Waals surface area contributed by atoms with Gasteiger partial charge in [-0.1, -0.05) is 0 Å². The largest absolute Gasteiger partial charge is 0.493 e. The lowest BCUT2D eigenvalue weighted by Gasteiger charge is -2.43. The molecule has 0 aromatic carbocycles. The number of rotatable bonds is 4. The molecule has 1 aliphatic carbocycles. The third-order valence-corrected chi connectivity index (χ3v) is 4.37. The van der Waals surface area contributed by atoms with Crippen molar-refractivity contribution in [1.29, 1.82) is 0 Å². The molecule has 5 nitrogen and oxygen atoms in total. The van der Waals surface area contributed by atoms with Crippen LogP contribution in [0.5, 0.6) is 5.75 Å². The van der Waals surface area contributed by atoms with Crippen LogP contribution in [0.25, 0.3) is 5.65 Å². The average molecular weight is 259 g/mol. The summed E-state index contributed by atoms with van der Waals surface area (Å²) in [7, 11) is 0. The third-order valence-electron chi connectivity index (χ3n) is 4.37. The highest BCUT2D eigenvalue weighted by Gasteiger charge is 2.62. The first-order valence-corrected chi connectivity index (χ1v) is 6.62. The van der Waals surface area contributed by atoms with E-state index in [0.29, 0.717) is 13.2 Å². The van der Waals surface area contributed by atoms with Crippen molar-refractivity contribution in [2.45, 2.75) is 18.4 Å². The maximum absolute atomic E-state index is 5.92. The highest BCUT2D eigenvalue weighted by molar-refractivity contribution is 5.44. The molecule has 2 aromatic heterocycles. The fourth-order valence-corrected chi connectivity index (χ4v) is 3.39. The highest BCUT2D eigenvalue weighted by Crippen LogP contribution is 2.57. The van der Waals surface area contributed by atoms with Crippen molar-refractivity contribution in [3.63, 3.8) is 0 Å². The molecule has 100 valence electrons. The lowest BCUT2D eigenvalue weighted by molar-refractivity contribution is -0.0169. The van der Waals surface area contributed by atoms with Crippen LogP contribution < -0.4 is 10.5 Å². The summed E-state index contributed by atoms with van der Waals surface area (Å²) in [5.41, 5.74) is 6.79. The summed E-state index contributed by atoms with van der Waals surface area (Å²) < 4.78 is 13.7. The molecule has 4 heterocycles. The van der Waals surface area contributed by atoms with E-state index in [0.717, 1.165) is 30.8 Å². The van der Waals surface area contributed by atoms with Crippen LogP contribution in [0.4, 0.5) is 0 Å². The first-order chi connectivity index (χ1) is 9.23. The summed E-state index contributed by atoms with van der Waals surface area (Å²) in [4.78, 5) is 4.25. The maximum Gasteiger partial charge on any atom is 0.140 e. The van der Waals surface area contributed by atoms with Crippen LogP contribution in [0.2, 0.25) is 0 Å². The molecule has 2 saturated heterocycles. The summed E-state index contributed by atoms with van der Waals surface area (Å²) in [6.07, 6.45) is 7.73. The summed E-state index contributed by atoms with van der Waals surface area (Å²) in [5, 5.41) is 0. The third kappa shape index (κ3) is 1.65. The Hall–Kier alpha value is -1.59. The van der Waals surface area contributed by atoms with Gasteiger partial charge in [-0.2, -0.15) is 0 Å². The minimum Gasteiger partial charge on any atom is -0.493 e. The van der Waals surface area contributed by atoms with Gasteiger partial charge in [0.2, 0.25) is 0 Å². The molecule has 0 spiro atoms. The number of hydrogen-bond acceptors (Lipinski definition) is 4. The van der Waals surface area contributed by atoms with Gasteiger partial charge in [0.25, 0.3) is 0 Å². The molecule has 1 saturated carbocycles. The van der Waals surface area contributed by atoms with E-state index in [2.05, 4.69) is 4.98 Å². The number of ether oxygens (including phenoxy) is 2. The number of nitrogens with zero attached hydrogens (tertiary/aromatic N) is 2.